The first-order valence-electron chi connectivity index (χ1n) is 8.61. The number of amides is 1. The Bertz CT molecular complexity index is 936. The Labute approximate surface area is 160 Å². The van der Waals surface area contributed by atoms with E-state index in [4.69, 9.17) is 4.74 Å². The number of benzene rings is 1. The molecule has 3 rings (SSSR count). The highest BCUT2D eigenvalue weighted by Gasteiger charge is 2.18. The fourth-order valence-electron chi connectivity index (χ4n) is 2.80. The molecule has 0 radical (unpaired) electrons. The summed E-state index contributed by atoms with van der Waals surface area (Å²) in [5, 5.41) is 12.7. The van der Waals surface area contributed by atoms with E-state index >= 15 is 0 Å². The molecule has 0 spiro atoms. The van der Waals surface area contributed by atoms with Gasteiger partial charge in [0.2, 0.25) is 5.91 Å². The number of aromatic amines is 1. The van der Waals surface area contributed by atoms with Crippen molar-refractivity contribution in [3.05, 3.63) is 46.0 Å². The highest BCUT2D eigenvalue weighted by atomic mass is 16.5. The number of nitrogens with one attached hydrogen (secondary N) is 2. The Morgan fingerprint density at radius 1 is 1.36 bits per heavy atom. The van der Waals surface area contributed by atoms with Crippen LogP contribution in [0.25, 0.3) is 0 Å². The van der Waals surface area contributed by atoms with E-state index < -0.39 is 17.6 Å². The molecule has 0 atom stereocenters. The maximum atomic E-state index is 12.3. The number of aromatic hydroxyl groups is 1. The summed E-state index contributed by atoms with van der Waals surface area (Å²) < 4.78 is 9.86. The SMILES string of the molecule is COC(=O)c1cccc(NC(=O)Cc2nc(N3CCOCC3)cc(=O)[nH]2)c1O. The summed E-state index contributed by atoms with van der Waals surface area (Å²) >= 11 is 0. The molecule has 1 amide bonds. The molecule has 1 aromatic heterocycles. The molecule has 28 heavy (non-hydrogen) atoms. The summed E-state index contributed by atoms with van der Waals surface area (Å²) in [4.78, 5) is 44.7. The maximum absolute atomic E-state index is 12.3. The molecule has 1 saturated heterocycles. The third kappa shape index (κ3) is 4.46. The molecule has 0 saturated carbocycles. The van der Waals surface area contributed by atoms with Crippen molar-refractivity contribution < 1.29 is 24.2 Å². The molecule has 1 aromatic carbocycles. The molecule has 0 unspecified atom stereocenters. The molecular formula is C18H20N4O6. The predicted octanol–water partition coefficient (Wildman–Crippen LogP) is 0.280. The Morgan fingerprint density at radius 2 is 2.11 bits per heavy atom. The third-order valence-electron chi connectivity index (χ3n) is 4.16. The highest BCUT2D eigenvalue weighted by molar-refractivity contribution is 5.98. The molecule has 0 aliphatic carbocycles. The zero-order valence-electron chi connectivity index (χ0n) is 15.2. The number of phenolic OH excluding ortho intramolecular Hbond substituents is 1. The van der Waals surface area contributed by atoms with Crippen molar-refractivity contribution in [1.82, 2.24) is 9.97 Å². The second kappa shape index (κ2) is 8.53. The van der Waals surface area contributed by atoms with Crippen molar-refractivity contribution in [3.63, 3.8) is 0 Å². The van der Waals surface area contributed by atoms with Crippen LogP contribution in [0.1, 0.15) is 16.2 Å². The number of carbonyl (C=O) groups is 2. The van der Waals surface area contributed by atoms with Crippen LogP contribution in [-0.2, 0) is 20.7 Å². The number of hydrogen-bond acceptors (Lipinski definition) is 8. The van der Waals surface area contributed by atoms with Gasteiger partial charge in [0, 0.05) is 19.2 Å². The Balaban J connectivity index is 1.74. The number of rotatable bonds is 5. The quantitative estimate of drug-likeness (QED) is 0.491. The molecule has 0 bridgehead atoms. The second-order valence-corrected chi connectivity index (χ2v) is 6.07. The van der Waals surface area contributed by atoms with E-state index in [-0.39, 0.29) is 29.1 Å². The Morgan fingerprint density at radius 3 is 2.82 bits per heavy atom. The fourth-order valence-corrected chi connectivity index (χ4v) is 2.80. The number of phenols is 1. The number of methoxy groups -OCH3 is 1. The minimum atomic E-state index is -0.724. The van der Waals surface area contributed by atoms with Crippen LogP contribution in [0.3, 0.4) is 0 Å². The summed E-state index contributed by atoms with van der Waals surface area (Å²) in [6, 6.07) is 5.70. The smallest absolute Gasteiger partial charge is 0.341 e. The van der Waals surface area contributed by atoms with Crippen LogP contribution in [0.4, 0.5) is 11.5 Å². The number of nitrogens with zero attached hydrogens (tertiary/aromatic N) is 2. The number of esters is 1. The largest absolute Gasteiger partial charge is 0.505 e. The number of carbonyl (C=O) groups excluding carboxylic acids is 2. The van der Waals surface area contributed by atoms with Gasteiger partial charge in [0.05, 0.1) is 32.4 Å². The Hall–Kier alpha value is -3.40. The lowest BCUT2D eigenvalue weighted by Gasteiger charge is -2.27. The van der Waals surface area contributed by atoms with Gasteiger partial charge in [-0.2, -0.15) is 0 Å². The van der Waals surface area contributed by atoms with Crippen LogP contribution in [0.15, 0.2) is 29.1 Å². The molecule has 148 valence electrons. The predicted molar refractivity (Wildman–Crippen MR) is 99.7 cm³/mol. The number of anilines is 2. The van der Waals surface area contributed by atoms with E-state index in [1.807, 2.05) is 4.90 Å². The van der Waals surface area contributed by atoms with Gasteiger partial charge in [0.15, 0.2) is 5.75 Å². The number of ether oxygens (including phenoxy) is 2. The van der Waals surface area contributed by atoms with Gasteiger partial charge in [-0.25, -0.2) is 9.78 Å². The van der Waals surface area contributed by atoms with E-state index in [0.29, 0.717) is 32.1 Å². The number of aromatic nitrogens is 2. The third-order valence-corrected chi connectivity index (χ3v) is 4.16. The topological polar surface area (TPSA) is 134 Å². The van der Waals surface area contributed by atoms with E-state index in [1.165, 1.54) is 31.4 Å². The molecule has 1 aliphatic rings. The zero-order chi connectivity index (χ0) is 20.1. The van der Waals surface area contributed by atoms with Crippen LogP contribution >= 0.6 is 0 Å². The normalized spacial score (nSPS) is 13.8. The maximum Gasteiger partial charge on any atom is 0.341 e. The van der Waals surface area contributed by atoms with Crippen LogP contribution in [0.5, 0.6) is 5.75 Å². The second-order valence-electron chi connectivity index (χ2n) is 6.07. The van der Waals surface area contributed by atoms with Crippen LogP contribution in [0, 0.1) is 0 Å². The van der Waals surface area contributed by atoms with Crippen molar-refractivity contribution in [3.8, 4) is 5.75 Å². The van der Waals surface area contributed by atoms with Gasteiger partial charge in [0.1, 0.15) is 17.2 Å². The van der Waals surface area contributed by atoms with E-state index in [9.17, 15) is 19.5 Å². The summed E-state index contributed by atoms with van der Waals surface area (Å²) in [6.45, 7) is 2.30. The molecule has 1 fully saturated rings. The average molecular weight is 388 g/mol. The monoisotopic (exact) mass is 388 g/mol. The van der Waals surface area contributed by atoms with Crippen LogP contribution in [0.2, 0.25) is 0 Å². The van der Waals surface area contributed by atoms with Crippen molar-refractivity contribution >= 4 is 23.4 Å². The van der Waals surface area contributed by atoms with Crippen molar-refractivity contribution in [2.24, 2.45) is 0 Å². The summed E-state index contributed by atoms with van der Waals surface area (Å²) in [5.74, 6) is -0.968. The molecule has 10 nitrogen and oxygen atoms in total. The van der Waals surface area contributed by atoms with Gasteiger partial charge in [-0.15, -0.1) is 0 Å². The minimum absolute atomic E-state index is 0.0552. The minimum Gasteiger partial charge on any atom is -0.505 e. The standard InChI is InChI=1S/C18H20N4O6/c1-27-18(26)11-3-2-4-12(17(11)25)19-15(23)9-13-20-14(10-16(24)21-13)22-5-7-28-8-6-22/h2-4,10,25H,5-9H2,1H3,(H,19,23)(H,20,21,24). The number of H-pyrrole nitrogens is 1. The van der Waals surface area contributed by atoms with Crippen LogP contribution < -0.4 is 15.8 Å². The lowest BCUT2D eigenvalue weighted by Crippen LogP contribution is -2.37. The number of hydrogen-bond donors (Lipinski definition) is 3. The summed E-state index contributed by atoms with van der Waals surface area (Å²) in [7, 11) is 1.19. The first-order chi connectivity index (χ1) is 13.5. The fraction of sp³-hybridized carbons (Fsp3) is 0.333. The van der Waals surface area contributed by atoms with Gasteiger partial charge < -0.3 is 29.8 Å². The van der Waals surface area contributed by atoms with Gasteiger partial charge in [-0.1, -0.05) is 6.07 Å². The zero-order valence-corrected chi connectivity index (χ0v) is 15.2. The number of para-hydroxylation sites is 1. The summed E-state index contributed by atoms with van der Waals surface area (Å²) in [6.07, 6.45) is -0.213. The van der Waals surface area contributed by atoms with E-state index in [2.05, 4.69) is 20.0 Å². The average Bonchev–Trinajstić information content (AvgIpc) is 2.69. The lowest BCUT2D eigenvalue weighted by atomic mass is 10.1. The number of morpholine rings is 1. The van der Waals surface area contributed by atoms with E-state index in [1.54, 1.807) is 0 Å². The molecule has 2 aromatic rings. The summed E-state index contributed by atoms with van der Waals surface area (Å²) in [5.41, 5.74) is -0.379. The van der Waals surface area contributed by atoms with Crippen molar-refractivity contribution in [1.29, 1.82) is 0 Å². The molecule has 10 heteroatoms. The van der Waals surface area contributed by atoms with Crippen molar-refractivity contribution in [2.45, 2.75) is 6.42 Å². The van der Waals surface area contributed by atoms with Gasteiger partial charge in [-0.05, 0) is 12.1 Å². The van der Waals surface area contributed by atoms with Gasteiger partial charge in [0.25, 0.3) is 5.56 Å². The van der Waals surface area contributed by atoms with Gasteiger partial charge in [-0.3, -0.25) is 9.59 Å². The molecule has 3 N–H and O–H groups in total. The molecule has 1 aliphatic heterocycles. The van der Waals surface area contributed by atoms with Crippen LogP contribution in [-0.4, -0.2) is 60.4 Å². The van der Waals surface area contributed by atoms with Crippen molar-refractivity contribution in [2.75, 3.05) is 43.6 Å². The molecular weight excluding hydrogens is 368 g/mol. The van der Waals surface area contributed by atoms with E-state index in [0.717, 1.165) is 0 Å². The first kappa shape index (κ1) is 19.4. The first-order valence-corrected chi connectivity index (χ1v) is 8.61. The lowest BCUT2D eigenvalue weighted by molar-refractivity contribution is -0.115. The Kier molecular flexibility index (Phi) is 5.90. The van der Waals surface area contributed by atoms with Gasteiger partial charge >= 0.3 is 5.97 Å². The highest BCUT2D eigenvalue weighted by Crippen LogP contribution is 2.28. The molecule has 2 heterocycles.